The van der Waals surface area contributed by atoms with E-state index < -0.39 is 17.5 Å². The van der Waals surface area contributed by atoms with Crippen molar-refractivity contribution in [1.29, 1.82) is 0 Å². The first-order chi connectivity index (χ1) is 10.2. The summed E-state index contributed by atoms with van der Waals surface area (Å²) in [5.41, 5.74) is -0.534. The Morgan fingerprint density at radius 3 is 2.36 bits per heavy atom. The Bertz CT molecular complexity index is 599. The van der Waals surface area contributed by atoms with Crippen molar-refractivity contribution in [2.75, 3.05) is 7.11 Å². The van der Waals surface area contributed by atoms with Crippen molar-refractivity contribution in [2.45, 2.75) is 33.3 Å². The maximum atomic E-state index is 12.2. The van der Waals surface area contributed by atoms with Crippen LogP contribution in [0.1, 0.15) is 38.1 Å². The predicted molar refractivity (Wildman–Crippen MR) is 83.0 cm³/mol. The summed E-state index contributed by atoms with van der Waals surface area (Å²) in [6, 6.07) is 4.47. The van der Waals surface area contributed by atoms with Crippen LogP contribution in [-0.4, -0.2) is 24.6 Å². The zero-order valence-electron chi connectivity index (χ0n) is 13.2. The molecule has 1 aromatic carbocycles. The highest BCUT2D eigenvalue weighted by atomic mass is 35.5. The van der Waals surface area contributed by atoms with E-state index in [1.165, 1.54) is 25.3 Å². The van der Waals surface area contributed by atoms with E-state index in [0.717, 1.165) is 0 Å². The second-order valence-electron chi connectivity index (χ2n) is 5.39. The number of benzene rings is 1. The summed E-state index contributed by atoms with van der Waals surface area (Å²) >= 11 is 5.92. The summed E-state index contributed by atoms with van der Waals surface area (Å²) in [6.45, 7) is 6.88. The molecular formula is C16H19ClO5. The van der Waals surface area contributed by atoms with E-state index in [-0.39, 0.29) is 17.1 Å². The number of halogens is 1. The quantitative estimate of drug-likeness (QED) is 0.479. The Morgan fingerprint density at radius 2 is 1.86 bits per heavy atom. The molecule has 0 amide bonds. The number of ether oxygens (including phenoxy) is 3. The molecule has 0 radical (unpaired) electrons. The molecule has 0 fully saturated rings. The highest BCUT2D eigenvalue weighted by molar-refractivity contribution is 6.31. The van der Waals surface area contributed by atoms with E-state index >= 15 is 0 Å². The third-order valence-electron chi connectivity index (χ3n) is 2.43. The first-order valence-electron chi connectivity index (χ1n) is 6.63. The molecule has 0 aliphatic rings. The number of methoxy groups -OCH3 is 1. The summed E-state index contributed by atoms with van der Waals surface area (Å²) in [6.07, 6.45) is 1.44. The minimum absolute atomic E-state index is 0.0327. The number of rotatable bonds is 4. The minimum atomic E-state index is -0.664. The van der Waals surface area contributed by atoms with Gasteiger partial charge in [0.05, 0.1) is 7.11 Å². The number of hydrogen-bond acceptors (Lipinski definition) is 5. The maximum Gasteiger partial charge on any atom is 0.373 e. The Balaban J connectivity index is 3.16. The Labute approximate surface area is 134 Å². The van der Waals surface area contributed by atoms with Crippen molar-refractivity contribution in [3.05, 3.63) is 40.6 Å². The van der Waals surface area contributed by atoms with E-state index in [2.05, 4.69) is 4.74 Å². The number of carbonyl (C=O) groups excluding carboxylic acids is 2. The average molecular weight is 327 g/mol. The average Bonchev–Trinajstić information content (AvgIpc) is 2.43. The number of carbonyl (C=O) groups is 2. The number of esters is 2. The van der Waals surface area contributed by atoms with Gasteiger partial charge in [-0.3, -0.25) is 0 Å². The van der Waals surface area contributed by atoms with E-state index in [9.17, 15) is 9.59 Å². The zero-order valence-corrected chi connectivity index (χ0v) is 14.0. The first-order valence-corrected chi connectivity index (χ1v) is 7.01. The fourth-order valence-electron chi connectivity index (χ4n) is 1.52. The van der Waals surface area contributed by atoms with E-state index in [1.807, 2.05) is 0 Å². The van der Waals surface area contributed by atoms with Crippen LogP contribution in [-0.2, 0) is 14.3 Å². The van der Waals surface area contributed by atoms with Crippen LogP contribution < -0.4 is 4.74 Å². The smallest absolute Gasteiger partial charge is 0.373 e. The van der Waals surface area contributed by atoms with Gasteiger partial charge in [-0.15, -0.1) is 0 Å². The largest absolute Gasteiger partial charge is 0.463 e. The fraction of sp³-hybridized carbons (Fsp3) is 0.375. The van der Waals surface area contributed by atoms with Crippen LogP contribution in [0.15, 0.2) is 30.0 Å². The van der Waals surface area contributed by atoms with Crippen molar-refractivity contribution in [1.82, 2.24) is 0 Å². The van der Waals surface area contributed by atoms with Gasteiger partial charge in [0.1, 0.15) is 16.9 Å². The van der Waals surface area contributed by atoms with Gasteiger partial charge in [0.15, 0.2) is 0 Å². The van der Waals surface area contributed by atoms with Crippen LogP contribution in [0, 0.1) is 0 Å². The fourth-order valence-corrected chi connectivity index (χ4v) is 1.69. The van der Waals surface area contributed by atoms with Crippen LogP contribution in [0.25, 0.3) is 0 Å². The summed E-state index contributed by atoms with van der Waals surface area (Å²) in [7, 11) is 1.24. The topological polar surface area (TPSA) is 61.8 Å². The highest BCUT2D eigenvalue weighted by Crippen LogP contribution is 2.27. The molecule has 6 heteroatoms. The monoisotopic (exact) mass is 326 g/mol. The summed E-state index contributed by atoms with van der Waals surface area (Å²) in [5.74, 6) is -1.11. The summed E-state index contributed by atoms with van der Waals surface area (Å²) in [5, 5.41) is 0.355. The molecule has 0 atom stereocenters. The van der Waals surface area contributed by atoms with Gasteiger partial charge in [-0.1, -0.05) is 11.6 Å². The molecule has 0 N–H and O–H groups in total. The first kappa shape index (κ1) is 18.0. The second kappa shape index (κ2) is 7.31. The minimum Gasteiger partial charge on any atom is -0.463 e. The van der Waals surface area contributed by atoms with Gasteiger partial charge in [-0.2, -0.15) is 0 Å². The molecule has 5 nitrogen and oxygen atoms in total. The molecule has 0 aliphatic heterocycles. The van der Waals surface area contributed by atoms with Gasteiger partial charge in [0.25, 0.3) is 0 Å². The van der Waals surface area contributed by atoms with Gasteiger partial charge in [-0.05, 0) is 52.0 Å². The SMILES string of the molecule is CC=C(Oc1ccc(Cl)cc1C(=O)OC(C)(C)C)C(=O)OC. The Kier molecular flexibility index (Phi) is 6.00. The normalized spacial score (nSPS) is 11.8. The molecular weight excluding hydrogens is 308 g/mol. The maximum absolute atomic E-state index is 12.2. The van der Waals surface area contributed by atoms with Crippen LogP contribution >= 0.6 is 11.6 Å². The molecule has 0 heterocycles. The van der Waals surface area contributed by atoms with Gasteiger partial charge in [0, 0.05) is 5.02 Å². The standard InChI is InChI=1S/C16H19ClO5/c1-6-12(15(19)20-5)21-13-8-7-10(17)9-11(13)14(18)22-16(2,3)4/h6-9H,1-5H3. The lowest BCUT2D eigenvalue weighted by Crippen LogP contribution is -2.24. The molecule has 22 heavy (non-hydrogen) atoms. The van der Waals surface area contributed by atoms with Crippen molar-refractivity contribution >= 4 is 23.5 Å². The lowest BCUT2D eigenvalue weighted by Gasteiger charge is -2.20. The zero-order chi connectivity index (χ0) is 16.9. The lowest BCUT2D eigenvalue weighted by atomic mass is 10.1. The summed E-state index contributed by atoms with van der Waals surface area (Å²) < 4.78 is 15.4. The molecule has 0 saturated heterocycles. The van der Waals surface area contributed by atoms with Crippen LogP contribution in [0.2, 0.25) is 5.02 Å². The molecule has 0 aliphatic carbocycles. The third-order valence-corrected chi connectivity index (χ3v) is 2.66. The molecule has 0 spiro atoms. The lowest BCUT2D eigenvalue weighted by molar-refractivity contribution is -0.138. The predicted octanol–water partition coefficient (Wildman–Crippen LogP) is 3.75. The molecule has 0 aromatic heterocycles. The molecule has 0 unspecified atom stereocenters. The molecule has 120 valence electrons. The molecule has 0 saturated carbocycles. The molecule has 1 aromatic rings. The van der Waals surface area contributed by atoms with Crippen molar-refractivity contribution < 1.29 is 23.8 Å². The van der Waals surface area contributed by atoms with Crippen molar-refractivity contribution in [2.24, 2.45) is 0 Å². The molecule has 1 rings (SSSR count). The van der Waals surface area contributed by atoms with Gasteiger partial charge < -0.3 is 14.2 Å². The van der Waals surface area contributed by atoms with E-state index in [0.29, 0.717) is 5.02 Å². The van der Waals surface area contributed by atoms with E-state index in [4.69, 9.17) is 21.1 Å². The van der Waals surface area contributed by atoms with Crippen molar-refractivity contribution in [3.63, 3.8) is 0 Å². The van der Waals surface area contributed by atoms with Gasteiger partial charge in [0.2, 0.25) is 5.76 Å². The van der Waals surface area contributed by atoms with E-state index in [1.54, 1.807) is 33.8 Å². The number of hydrogen-bond donors (Lipinski definition) is 0. The van der Waals surface area contributed by atoms with Crippen LogP contribution in [0.3, 0.4) is 0 Å². The van der Waals surface area contributed by atoms with Crippen molar-refractivity contribution in [3.8, 4) is 5.75 Å². The Morgan fingerprint density at radius 1 is 1.23 bits per heavy atom. The highest BCUT2D eigenvalue weighted by Gasteiger charge is 2.23. The third kappa shape index (κ3) is 5.07. The molecule has 0 bridgehead atoms. The van der Waals surface area contributed by atoms with Gasteiger partial charge >= 0.3 is 11.9 Å². The summed E-state index contributed by atoms with van der Waals surface area (Å²) in [4.78, 5) is 23.8. The van der Waals surface area contributed by atoms with Crippen LogP contribution in [0.5, 0.6) is 5.75 Å². The Hall–Kier alpha value is -2.01. The van der Waals surface area contributed by atoms with Crippen LogP contribution in [0.4, 0.5) is 0 Å². The second-order valence-corrected chi connectivity index (χ2v) is 5.83. The number of allylic oxidation sites excluding steroid dienone is 1. The van der Waals surface area contributed by atoms with Gasteiger partial charge in [-0.25, -0.2) is 9.59 Å².